The number of benzene rings is 1. The van der Waals surface area contributed by atoms with E-state index in [2.05, 4.69) is 21.7 Å². The van der Waals surface area contributed by atoms with Crippen LogP contribution in [0.4, 0.5) is 20.2 Å². The predicted molar refractivity (Wildman–Crippen MR) is 75.1 cm³/mol. The Hall–Kier alpha value is -1.62. The van der Waals surface area contributed by atoms with Crippen LogP contribution in [0.3, 0.4) is 0 Å². The fraction of sp³-hybridized carbons (Fsp3) is 0.286. The summed E-state index contributed by atoms with van der Waals surface area (Å²) in [6, 6.07) is 5.87. The normalized spacial score (nSPS) is 15.9. The molecule has 0 atom stereocenters. The van der Waals surface area contributed by atoms with Gasteiger partial charge in [-0.25, -0.2) is 8.78 Å². The molecule has 3 rings (SSSR count). The van der Waals surface area contributed by atoms with E-state index in [1.807, 2.05) is 4.90 Å². The minimum Gasteiger partial charge on any atom is -0.367 e. The molecule has 0 N–H and O–H groups in total. The fourth-order valence-electron chi connectivity index (χ4n) is 2.38. The average molecular weight is 280 g/mol. The molecule has 2 aromatic rings. The highest BCUT2D eigenvalue weighted by Gasteiger charge is 2.20. The number of piperazine rings is 1. The van der Waals surface area contributed by atoms with E-state index in [0.717, 1.165) is 32.2 Å². The number of nitrogens with zero attached hydrogens (tertiary/aromatic N) is 2. The number of anilines is 2. The molecule has 0 unspecified atom stereocenters. The summed E-state index contributed by atoms with van der Waals surface area (Å²) in [7, 11) is 0. The molecular weight excluding hydrogens is 266 g/mol. The maximum Gasteiger partial charge on any atom is 0.149 e. The summed E-state index contributed by atoms with van der Waals surface area (Å²) in [4.78, 5) is 4.26. The third-order valence-electron chi connectivity index (χ3n) is 3.40. The Morgan fingerprint density at radius 3 is 2.32 bits per heavy atom. The highest BCUT2D eigenvalue weighted by molar-refractivity contribution is 7.08. The van der Waals surface area contributed by atoms with Gasteiger partial charge in [-0.15, -0.1) is 0 Å². The molecule has 2 heterocycles. The maximum absolute atomic E-state index is 13.7. The average Bonchev–Trinajstić information content (AvgIpc) is 2.93. The van der Waals surface area contributed by atoms with Gasteiger partial charge in [-0.1, -0.05) is 0 Å². The molecule has 1 aliphatic heterocycles. The Bertz CT molecular complexity index is 549. The van der Waals surface area contributed by atoms with E-state index in [1.54, 1.807) is 11.3 Å². The van der Waals surface area contributed by atoms with Crippen molar-refractivity contribution >= 4 is 22.7 Å². The molecule has 2 nitrogen and oxygen atoms in total. The number of thiophene rings is 1. The van der Waals surface area contributed by atoms with Crippen molar-refractivity contribution in [3.63, 3.8) is 0 Å². The van der Waals surface area contributed by atoms with E-state index in [0.29, 0.717) is 5.69 Å². The lowest BCUT2D eigenvalue weighted by atomic mass is 10.2. The maximum atomic E-state index is 13.7. The first-order valence-corrected chi connectivity index (χ1v) is 7.15. The Morgan fingerprint density at radius 1 is 0.947 bits per heavy atom. The lowest BCUT2D eigenvalue weighted by Gasteiger charge is -2.37. The number of hydrogen-bond donors (Lipinski definition) is 0. The Labute approximate surface area is 114 Å². The Morgan fingerprint density at radius 2 is 1.68 bits per heavy atom. The van der Waals surface area contributed by atoms with Gasteiger partial charge in [-0.2, -0.15) is 11.3 Å². The third-order valence-corrected chi connectivity index (χ3v) is 4.07. The van der Waals surface area contributed by atoms with Crippen LogP contribution in [-0.2, 0) is 0 Å². The van der Waals surface area contributed by atoms with Crippen LogP contribution in [0.15, 0.2) is 35.0 Å². The molecule has 0 amide bonds. The first-order valence-electron chi connectivity index (χ1n) is 6.21. The SMILES string of the molecule is Fc1ccc(N2CCN(c3ccsc3)CC2)c(F)c1. The topological polar surface area (TPSA) is 6.48 Å². The van der Waals surface area contributed by atoms with Crippen LogP contribution in [-0.4, -0.2) is 26.2 Å². The smallest absolute Gasteiger partial charge is 0.149 e. The van der Waals surface area contributed by atoms with Gasteiger partial charge in [-0.3, -0.25) is 0 Å². The van der Waals surface area contributed by atoms with Crippen LogP contribution < -0.4 is 9.80 Å². The molecule has 0 saturated carbocycles. The zero-order valence-corrected chi connectivity index (χ0v) is 11.2. The first-order chi connectivity index (χ1) is 9.24. The van der Waals surface area contributed by atoms with Gasteiger partial charge in [0, 0.05) is 43.3 Å². The van der Waals surface area contributed by atoms with E-state index in [-0.39, 0.29) is 0 Å². The van der Waals surface area contributed by atoms with Crippen molar-refractivity contribution in [2.75, 3.05) is 36.0 Å². The summed E-state index contributed by atoms with van der Waals surface area (Å²) in [5, 5.41) is 4.18. The van der Waals surface area contributed by atoms with Gasteiger partial charge in [0.2, 0.25) is 0 Å². The summed E-state index contributed by atoms with van der Waals surface area (Å²) >= 11 is 1.68. The summed E-state index contributed by atoms with van der Waals surface area (Å²) < 4.78 is 26.6. The van der Waals surface area contributed by atoms with Crippen molar-refractivity contribution < 1.29 is 8.78 Å². The van der Waals surface area contributed by atoms with E-state index in [1.165, 1.54) is 17.8 Å². The fourth-order valence-corrected chi connectivity index (χ4v) is 3.04. The molecule has 1 aromatic carbocycles. The van der Waals surface area contributed by atoms with E-state index < -0.39 is 11.6 Å². The lowest BCUT2D eigenvalue weighted by Crippen LogP contribution is -2.46. The van der Waals surface area contributed by atoms with Gasteiger partial charge >= 0.3 is 0 Å². The molecule has 0 radical (unpaired) electrons. The molecule has 0 aliphatic carbocycles. The highest BCUT2D eigenvalue weighted by Crippen LogP contribution is 2.24. The molecule has 1 saturated heterocycles. The molecule has 0 spiro atoms. The van der Waals surface area contributed by atoms with E-state index >= 15 is 0 Å². The van der Waals surface area contributed by atoms with Crippen molar-refractivity contribution in [2.24, 2.45) is 0 Å². The van der Waals surface area contributed by atoms with Crippen LogP contribution in [0.25, 0.3) is 0 Å². The Balaban J connectivity index is 1.70. The van der Waals surface area contributed by atoms with Gasteiger partial charge in [0.05, 0.1) is 5.69 Å². The van der Waals surface area contributed by atoms with Crippen LogP contribution in [0.1, 0.15) is 0 Å². The van der Waals surface area contributed by atoms with Crippen LogP contribution in [0.5, 0.6) is 0 Å². The zero-order chi connectivity index (χ0) is 13.2. The van der Waals surface area contributed by atoms with Crippen molar-refractivity contribution in [1.29, 1.82) is 0 Å². The van der Waals surface area contributed by atoms with Crippen molar-refractivity contribution in [3.05, 3.63) is 46.7 Å². The molecule has 1 fully saturated rings. The van der Waals surface area contributed by atoms with Crippen molar-refractivity contribution in [2.45, 2.75) is 0 Å². The van der Waals surface area contributed by atoms with E-state index in [9.17, 15) is 8.78 Å². The molecular formula is C14H14F2N2S. The second-order valence-corrected chi connectivity index (χ2v) is 5.33. The van der Waals surface area contributed by atoms with Crippen molar-refractivity contribution in [1.82, 2.24) is 0 Å². The quantitative estimate of drug-likeness (QED) is 0.832. The second-order valence-electron chi connectivity index (χ2n) is 4.55. The number of hydrogen-bond acceptors (Lipinski definition) is 3. The minimum atomic E-state index is -0.529. The predicted octanol–water partition coefficient (Wildman–Crippen LogP) is 3.35. The third kappa shape index (κ3) is 2.56. The molecule has 1 aliphatic rings. The molecule has 19 heavy (non-hydrogen) atoms. The first kappa shape index (κ1) is 12.4. The van der Waals surface area contributed by atoms with Gasteiger partial charge in [0.15, 0.2) is 0 Å². The van der Waals surface area contributed by atoms with Gasteiger partial charge < -0.3 is 9.80 Å². The standard InChI is InChI=1S/C14H14F2N2S/c15-11-1-2-14(13(16)9-11)18-6-4-17(5-7-18)12-3-8-19-10-12/h1-3,8-10H,4-7H2. The lowest BCUT2D eigenvalue weighted by molar-refractivity contribution is 0.570. The minimum absolute atomic E-state index is 0.482. The van der Waals surface area contributed by atoms with Crippen molar-refractivity contribution in [3.8, 4) is 0 Å². The van der Waals surface area contributed by atoms with Crippen LogP contribution in [0, 0.1) is 11.6 Å². The molecule has 0 bridgehead atoms. The summed E-state index contributed by atoms with van der Waals surface area (Å²) in [5.41, 5.74) is 1.72. The molecule has 1 aromatic heterocycles. The molecule has 5 heteroatoms. The molecule has 100 valence electrons. The largest absolute Gasteiger partial charge is 0.367 e. The summed E-state index contributed by atoms with van der Waals surface area (Å²) in [6.45, 7) is 3.21. The van der Waals surface area contributed by atoms with E-state index in [4.69, 9.17) is 0 Å². The number of rotatable bonds is 2. The summed E-state index contributed by atoms with van der Waals surface area (Å²) in [5.74, 6) is -1.01. The second kappa shape index (κ2) is 5.17. The zero-order valence-electron chi connectivity index (χ0n) is 10.4. The monoisotopic (exact) mass is 280 g/mol. The van der Waals surface area contributed by atoms with Gasteiger partial charge in [0.25, 0.3) is 0 Å². The number of halogens is 2. The van der Waals surface area contributed by atoms with Crippen LogP contribution >= 0.6 is 11.3 Å². The summed E-state index contributed by atoms with van der Waals surface area (Å²) in [6.07, 6.45) is 0. The van der Waals surface area contributed by atoms with Crippen LogP contribution in [0.2, 0.25) is 0 Å². The van der Waals surface area contributed by atoms with Gasteiger partial charge in [-0.05, 0) is 23.6 Å². The highest BCUT2D eigenvalue weighted by atomic mass is 32.1. The Kier molecular flexibility index (Phi) is 3.38. The van der Waals surface area contributed by atoms with Gasteiger partial charge in [0.1, 0.15) is 11.6 Å².